The maximum Gasteiger partial charge on any atom is 0.278 e. The number of hydrogen-bond donors (Lipinski definition) is 3. The molecule has 0 saturated carbocycles. The first-order chi connectivity index (χ1) is 19.7. The van der Waals surface area contributed by atoms with Crippen LogP contribution in [0.4, 0.5) is 20.2 Å². The highest BCUT2D eigenvalue weighted by Crippen LogP contribution is 2.32. The van der Waals surface area contributed by atoms with Gasteiger partial charge in [-0.3, -0.25) is 4.79 Å². The van der Waals surface area contributed by atoms with Crippen molar-refractivity contribution in [3.8, 4) is 16.9 Å². The highest BCUT2D eigenvalue weighted by atomic mass is 19.1. The molecule has 5 rings (SSSR count). The molecule has 1 amide bonds. The number of halogens is 2. The summed E-state index contributed by atoms with van der Waals surface area (Å²) in [7, 11) is 2.10. The van der Waals surface area contributed by atoms with Crippen LogP contribution >= 0.6 is 0 Å². The van der Waals surface area contributed by atoms with Gasteiger partial charge in [-0.05, 0) is 96.4 Å². The summed E-state index contributed by atoms with van der Waals surface area (Å²) in [5.74, 6) is -1.86. The number of benzene rings is 4. The number of nitrogens with two attached hydrogens (primary N) is 2. The number of aliphatic imine (C=N–C) groups is 1. The van der Waals surface area contributed by atoms with Crippen LogP contribution in [0.5, 0.6) is 5.75 Å². The van der Waals surface area contributed by atoms with E-state index in [1.165, 1.54) is 24.3 Å². The number of likely N-dealkylation sites (N-methyl/N-ethyl adjacent to an activating group) is 1. The van der Waals surface area contributed by atoms with E-state index in [1.54, 1.807) is 36.4 Å². The number of nitrogen functional groups attached to an aromatic ring is 1. The van der Waals surface area contributed by atoms with Crippen molar-refractivity contribution in [2.45, 2.75) is 6.42 Å². The summed E-state index contributed by atoms with van der Waals surface area (Å²) in [6.07, 6.45) is 0.160. The number of phenols is 1. The average Bonchev–Trinajstić information content (AvgIpc) is 2.94. The van der Waals surface area contributed by atoms with E-state index >= 15 is 0 Å². The van der Waals surface area contributed by atoms with Crippen LogP contribution < -0.4 is 16.4 Å². The van der Waals surface area contributed by atoms with Gasteiger partial charge >= 0.3 is 0 Å². The number of piperazine rings is 1. The zero-order valence-corrected chi connectivity index (χ0v) is 22.6. The van der Waals surface area contributed by atoms with Gasteiger partial charge in [0, 0.05) is 54.7 Å². The summed E-state index contributed by atoms with van der Waals surface area (Å²) < 4.78 is 27.9. The summed E-state index contributed by atoms with van der Waals surface area (Å²) in [6.45, 7) is 3.78. The molecule has 0 aliphatic carbocycles. The number of amides is 1. The molecular formula is C32H31F2N5O2. The molecule has 0 aromatic heterocycles. The maximum absolute atomic E-state index is 14.0. The predicted molar refractivity (Wildman–Crippen MR) is 158 cm³/mol. The van der Waals surface area contributed by atoms with Crippen LogP contribution in [0, 0.1) is 11.6 Å². The Balaban J connectivity index is 1.45. The van der Waals surface area contributed by atoms with Crippen molar-refractivity contribution < 1.29 is 18.7 Å². The van der Waals surface area contributed by atoms with E-state index in [0.717, 1.165) is 43.5 Å². The molecule has 0 spiro atoms. The second-order valence-corrected chi connectivity index (χ2v) is 10.2. The van der Waals surface area contributed by atoms with Gasteiger partial charge in [0.15, 0.2) is 0 Å². The van der Waals surface area contributed by atoms with Crippen molar-refractivity contribution >= 4 is 23.1 Å². The summed E-state index contributed by atoms with van der Waals surface area (Å²) in [6, 6.07) is 20.5. The van der Waals surface area contributed by atoms with Gasteiger partial charge in [-0.2, -0.15) is 4.99 Å². The molecule has 9 heteroatoms. The lowest BCUT2D eigenvalue weighted by Crippen LogP contribution is -2.44. The SMILES string of the molecule is CN1CCN(c2ccc(C(=O)N=C(N)c3cc(Cc4cc(F)cc(F)c4)c(-c4ccc(O)cc4)cc3N)cc2)CC1. The van der Waals surface area contributed by atoms with E-state index in [-0.39, 0.29) is 23.7 Å². The highest BCUT2D eigenvalue weighted by molar-refractivity contribution is 6.11. The molecule has 0 bridgehead atoms. The van der Waals surface area contributed by atoms with Crippen molar-refractivity contribution in [3.63, 3.8) is 0 Å². The first kappa shape index (κ1) is 27.8. The Hall–Kier alpha value is -4.76. The van der Waals surface area contributed by atoms with E-state index in [4.69, 9.17) is 11.5 Å². The normalized spacial score (nSPS) is 14.3. The van der Waals surface area contributed by atoms with Crippen molar-refractivity contribution in [3.05, 3.63) is 113 Å². The van der Waals surface area contributed by atoms with Gasteiger partial charge in [-0.1, -0.05) is 12.1 Å². The third-order valence-corrected chi connectivity index (χ3v) is 7.25. The molecule has 1 fully saturated rings. The average molecular weight is 556 g/mol. The first-order valence-corrected chi connectivity index (χ1v) is 13.3. The lowest BCUT2D eigenvalue weighted by atomic mass is 9.91. The molecule has 5 N–H and O–H groups in total. The maximum atomic E-state index is 14.0. The second kappa shape index (κ2) is 11.8. The summed E-state index contributed by atoms with van der Waals surface area (Å²) in [5.41, 5.74) is 17.2. The highest BCUT2D eigenvalue weighted by Gasteiger charge is 2.17. The topological polar surface area (TPSA) is 108 Å². The van der Waals surface area contributed by atoms with E-state index in [2.05, 4.69) is 21.8 Å². The van der Waals surface area contributed by atoms with Gasteiger partial charge in [0.2, 0.25) is 0 Å². The number of anilines is 2. The minimum atomic E-state index is -0.688. The Morgan fingerprint density at radius 2 is 1.54 bits per heavy atom. The Morgan fingerprint density at radius 1 is 0.902 bits per heavy atom. The van der Waals surface area contributed by atoms with Crippen LogP contribution in [0.25, 0.3) is 11.1 Å². The largest absolute Gasteiger partial charge is 0.508 e. The van der Waals surface area contributed by atoms with Crippen molar-refractivity contribution in [1.29, 1.82) is 0 Å². The van der Waals surface area contributed by atoms with Crippen molar-refractivity contribution in [2.24, 2.45) is 10.7 Å². The Morgan fingerprint density at radius 3 is 2.17 bits per heavy atom. The lowest BCUT2D eigenvalue weighted by Gasteiger charge is -2.34. The lowest BCUT2D eigenvalue weighted by molar-refractivity contribution is 0.100. The van der Waals surface area contributed by atoms with Gasteiger partial charge in [0.1, 0.15) is 23.2 Å². The predicted octanol–water partition coefficient (Wildman–Crippen LogP) is 4.81. The summed E-state index contributed by atoms with van der Waals surface area (Å²) in [4.78, 5) is 21.7. The first-order valence-electron chi connectivity index (χ1n) is 13.3. The van der Waals surface area contributed by atoms with Gasteiger partial charge in [-0.15, -0.1) is 0 Å². The molecule has 210 valence electrons. The Bertz CT molecular complexity index is 1580. The standard InChI is InChI=1S/C32H31F2N5O2/c1-38-10-12-39(13-11-38)26-6-2-22(3-7-26)32(41)37-31(36)29-17-23(14-20-15-24(33)18-25(34)16-20)28(19-30(29)35)21-4-8-27(40)9-5-21/h2-9,15-19,40H,10-14,35H2,1H3,(H2,36,37,41). The monoisotopic (exact) mass is 555 g/mol. The minimum Gasteiger partial charge on any atom is -0.508 e. The van der Waals surface area contributed by atoms with Crippen molar-refractivity contribution in [2.75, 3.05) is 43.9 Å². The molecule has 1 heterocycles. The second-order valence-electron chi connectivity index (χ2n) is 10.2. The number of carbonyl (C=O) groups excluding carboxylic acids is 1. The summed E-state index contributed by atoms with van der Waals surface area (Å²) >= 11 is 0. The van der Waals surface area contributed by atoms with Crippen LogP contribution in [0.1, 0.15) is 27.0 Å². The zero-order valence-electron chi connectivity index (χ0n) is 22.6. The molecule has 0 unspecified atom stereocenters. The van der Waals surface area contributed by atoms with Crippen LogP contribution in [0.2, 0.25) is 0 Å². The molecule has 4 aromatic rings. The molecule has 1 saturated heterocycles. The Labute approximate surface area is 237 Å². The number of aromatic hydroxyl groups is 1. The van der Waals surface area contributed by atoms with Crippen LogP contribution in [-0.2, 0) is 6.42 Å². The molecule has 0 atom stereocenters. The van der Waals surface area contributed by atoms with Gasteiger partial charge < -0.3 is 26.4 Å². The smallest absolute Gasteiger partial charge is 0.278 e. The number of carbonyl (C=O) groups is 1. The van der Waals surface area contributed by atoms with E-state index in [9.17, 15) is 18.7 Å². The number of rotatable bonds is 6. The third-order valence-electron chi connectivity index (χ3n) is 7.25. The molecule has 4 aromatic carbocycles. The van der Waals surface area contributed by atoms with Gasteiger partial charge in [0.05, 0.1) is 0 Å². The molecule has 7 nitrogen and oxygen atoms in total. The number of hydrogen-bond acceptors (Lipinski definition) is 5. The van der Waals surface area contributed by atoms with E-state index < -0.39 is 17.5 Å². The Kier molecular flexibility index (Phi) is 7.98. The number of phenolic OH excluding ortho intramolecular Hbond substituents is 1. The minimum absolute atomic E-state index is 0.0698. The fourth-order valence-corrected chi connectivity index (χ4v) is 4.99. The van der Waals surface area contributed by atoms with Crippen LogP contribution in [0.3, 0.4) is 0 Å². The van der Waals surface area contributed by atoms with Crippen molar-refractivity contribution in [1.82, 2.24) is 4.90 Å². The van der Waals surface area contributed by atoms with E-state index in [1.807, 2.05) is 12.1 Å². The number of nitrogens with zero attached hydrogens (tertiary/aromatic N) is 3. The fourth-order valence-electron chi connectivity index (χ4n) is 4.99. The van der Waals surface area contributed by atoms with Gasteiger partial charge in [0.25, 0.3) is 5.91 Å². The van der Waals surface area contributed by atoms with Gasteiger partial charge in [-0.25, -0.2) is 8.78 Å². The van der Waals surface area contributed by atoms with Crippen LogP contribution in [-0.4, -0.2) is 55.0 Å². The fraction of sp³-hybridized carbons (Fsp3) is 0.188. The number of amidine groups is 1. The molecule has 41 heavy (non-hydrogen) atoms. The van der Waals surface area contributed by atoms with E-state index in [0.29, 0.717) is 27.8 Å². The molecular weight excluding hydrogens is 524 g/mol. The quantitative estimate of drug-likeness (QED) is 0.179. The molecule has 0 radical (unpaired) electrons. The van der Waals surface area contributed by atoms with Crippen LogP contribution in [0.15, 0.2) is 83.9 Å². The molecule has 1 aliphatic heterocycles. The zero-order chi connectivity index (χ0) is 29.1. The summed E-state index contributed by atoms with van der Waals surface area (Å²) in [5, 5.41) is 9.73. The third kappa shape index (κ3) is 6.53. The molecule has 1 aliphatic rings.